The molecule has 7 nitrogen and oxygen atoms in total. The number of benzene rings is 1. The molecule has 32 heavy (non-hydrogen) atoms. The molecular weight excluding hydrogens is 455 g/mol. The normalized spacial score (nSPS) is 14.5. The second kappa shape index (κ2) is 10.5. The van der Waals surface area contributed by atoms with Gasteiger partial charge in [-0.15, -0.1) is 0 Å². The number of amides is 1. The fourth-order valence-electron chi connectivity index (χ4n) is 3.70. The second-order valence-electron chi connectivity index (χ2n) is 7.76. The van der Waals surface area contributed by atoms with E-state index in [9.17, 15) is 22.4 Å². The summed E-state index contributed by atoms with van der Waals surface area (Å²) in [5.41, 5.74) is 1.09. The molecule has 0 atom stereocenters. The summed E-state index contributed by atoms with van der Waals surface area (Å²) in [5.74, 6) is -1.57. The van der Waals surface area contributed by atoms with Crippen LogP contribution in [0.3, 0.4) is 0 Å². The van der Waals surface area contributed by atoms with Crippen LogP contribution in [0.4, 0.5) is 9.52 Å². The van der Waals surface area contributed by atoms with Gasteiger partial charge in [-0.1, -0.05) is 36.3 Å². The fourth-order valence-corrected chi connectivity index (χ4v) is 6.52. The Hall–Kier alpha value is -2.33. The van der Waals surface area contributed by atoms with Gasteiger partial charge in [-0.25, -0.2) is 22.6 Å². The molecular formula is C22H27FN2O5S2. The molecule has 3 rings (SSSR count). The van der Waals surface area contributed by atoms with Crippen molar-refractivity contribution in [2.75, 3.05) is 17.3 Å². The lowest BCUT2D eigenvalue weighted by Gasteiger charge is -2.21. The summed E-state index contributed by atoms with van der Waals surface area (Å²) < 4.78 is 43.6. The maximum absolute atomic E-state index is 13.3. The van der Waals surface area contributed by atoms with Gasteiger partial charge in [-0.3, -0.25) is 9.69 Å². The zero-order valence-corrected chi connectivity index (χ0v) is 19.8. The summed E-state index contributed by atoms with van der Waals surface area (Å²) in [7, 11) is -3.36. The van der Waals surface area contributed by atoms with Gasteiger partial charge in [0.25, 0.3) is 0 Å². The SMILES string of the molecule is CCOC(=O)c1sc(N(Cc2ccc(F)cc2)C(=O)CCS(=O)(=O)C2CCCC2)nc1C. The number of sulfone groups is 1. The number of aryl methyl sites for hydroxylation is 1. The van der Waals surface area contributed by atoms with Crippen molar-refractivity contribution in [1.82, 2.24) is 4.98 Å². The Balaban J connectivity index is 1.83. The number of ether oxygens (including phenoxy) is 1. The smallest absolute Gasteiger partial charge is 0.350 e. The summed E-state index contributed by atoms with van der Waals surface area (Å²) in [6.45, 7) is 3.64. The van der Waals surface area contributed by atoms with E-state index in [1.54, 1.807) is 26.0 Å². The quantitative estimate of drug-likeness (QED) is 0.501. The van der Waals surface area contributed by atoms with Gasteiger partial charge in [-0.2, -0.15) is 0 Å². The number of carbonyl (C=O) groups is 2. The first-order valence-corrected chi connectivity index (χ1v) is 13.2. The monoisotopic (exact) mass is 482 g/mol. The van der Waals surface area contributed by atoms with Gasteiger partial charge in [0, 0.05) is 6.42 Å². The van der Waals surface area contributed by atoms with Crippen molar-refractivity contribution in [1.29, 1.82) is 0 Å². The molecule has 1 fully saturated rings. The minimum absolute atomic E-state index is 0.0812. The van der Waals surface area contributed by atoms with Crippen molar-refractivity contribution in [2.24, 2.45) is 0 Å². The first kappa shape index (κ1) is 24.3. The summed E-state index contributed by atoms with van der Waals surface area (Å²) >= 11 is 1.02. The highest BCUT2D eigenvalue weighted by Gasteiger charge is 2.31. The first-order chi connectivity index (χ1) is 15.2. The fraction of sp³-hybridized carbons (Fsp3) is 0.500. The van der Waals surface area contributed by atoms with Crippen molar-refractivity contribution >= 4 is 38.2 Å². The predicted molar refractivity (Wildman–Crippen MR) is 121 cm³/mol. The molecule has 1 saturated carbocycles. The maximum atomic E-state index is 13.3. The second-order valence-corrected chi connectivity index (χ2v) is 11.1. The summed E-state index contributed by atoms with van der Waals surface area (Å²) in [5, 5.41) is -0.100. The topological polar surface area (TPSA) is 93.6 Å². The maximum Gasteiger partial charge on any atom is 0.350 e. The van der Waals surface area contributed by atoms with E-state index in [0.717, 1.165) is 24.2 Å². The van der Waals surface area contributed by atoms with E-state index >= 15 is 0 Å². The van der Waals surface area contributed by atoms with Crippen LogP contribution in [-0.2, 0) is 25.9 Å². The van der Waals surface area contributed by atoms with Crippen molar-refractivity contribution in [3.05, 3.63) is 46.2 Å². The van der Waals surface area contributed by atoms with Crippen LogP contribution in [0.25, 0.3) is 0 Å². The van der Waals surface area contributed by atoms with E-state index in [2.05, 4.69) is 4.98 Å². The number of thiazole rings is 1. The van der Waals surface area contributed by atoms with Crippen LogP contribution < -0.4 is 4.90 Å². The van der Waals surface area contributed by atoms with Crippen LogP contribution >= 0.6 is 11.3 Å². The molecule has 1 amide bonds. The Kier molecular flexibility index (Phi) is 8.00. The molecule has 1 heterocycles. The third kappa shape index (κ3) is 5.92. The molecule has 1 aliphatic carbocycles. The average Bonchev–Trinajstić information content (AvgIpc) is 3.42. The molecule has 0 unspecified atom stereocenters. The number of rotatable bonds is 9. The van der Waals surface area contributed by atoms with E-state index in [1.165, 1.54) is 17.0 Å². The van der Waals surface area contributed by atoms with Gasteiger partial charge < -0.3 is 4.74 Å². The van der Waals surface area contributed by atoms with E-state index in [0.29, 0.717) is 24.1 Å². The highest BCUT2D eigenvalue weighted by molar-refractivity contribution is 7.92. The van der Waals surface area contributed by atoms with Gasteiger partial charge in [0.1, 0.15) is 10.7 Å². The average molecular weight is 483 g/mol. The predicted octanol–water partition coefficient (Wildman–Crippen LogP) is 4.05. The van der Waals surface area contributed by atoms with Crippen molar-refractivity contribution < 1.29 is 27.1 Å². The number of hydrogen-bond donors (Lipinski definition) is 0. The minimum Gasteiger partial charge on any atom is -0.462 e. The molecule has 1 aromatic carbocycles. The standard InChI is InChI=1S/C22H27FN2O5S2/c1-3-30-21(27)20-15(2)24-22(31-20)25(14-16-8-10-17(23)11-9-16)19(26)12-13-32(28,29)18-6-4-5-7-18/h8-11,18H,3-7,12-14H2,1-2H3. The lowest BCUT2D eigenvalue weighted by Crippen LogP contribution is -2.33. The molecule has 0 radical (unpaired) electrons. The molecule has 174 valence electrons. The Bertz CT molecular complexity index is 1060. The zero-order chi connectivity index (χ0) is 23.3. The number of nitrogens with zero attached hydrogens (tertiary/aromatic N) is 2. The third-order valence-electron chi connectivity index (χ3n) is 5.44. The van der Waals surface area contributed by atoms with Crippen LogP contribution in [0.2, 0.25) is 0 Å². The summed E-state index contributed by atoms with van der Waals surface area (Å²) in [4.78, 5) is 31.3. The van der Waals surface area contributed by atoms with Crippen LogP contribution in [-0.4, -0.2) is 42.9 Å². The van der Waals surface area contributed by atoms with Crippen LogP contribution in [0.5, 0.6) is 0 Å². The first-order valence-electron chi connectivity index (χ1n) is 10.6. The number of aromatic nitrogens is 1. The van der Waals surface area contributed by atoms with Crippen LogP contribution in [0.1, 0.15) is 60.0 Å². The molecule has 2 aromatic rings. The number of hydrogen-bond acceptors (Lipinski definition) is 7. The Labute approximate surface area is 191 Å². The van der Waals surface area contributed by atoms with Crippen LogP contribution in [0.15, 0.2) is 24.3 Å². The van der Waals surface area contributed by atoms with Crippen molar-refractivity contribution in [3.8, 4) is 0 Å². The Morgan fingerprint density at radius 3 is 2.50 bits per heavy atom. The molecule has 10 heteroatoms. The van der Waals surface area contributed by atoms with Crippen molar-refractivity contribution in [3.63, 3.8) is 0 Å². The molecule has 0 bridgehead atoms. The highest BCUT2D eigenvalue weighted by Crippen LogP contribution is 2.30. The lowest BCUT2D eigenvalue weighted by atomic mass is 10.2. The largest absolute Gasteiger partial charge is 0.462 e. The van der Waals surface area contributed by atoms with E-state index in [1.807, 2.05) is 0 Å². The molecule has 0 saturated heterocycles. The number of halogens is 1. The highest BCUT2D eigenvalue weighted by atomic mass is 32.2. The van der Waals surface area contributed by atoms with Crippen molar-refractivity contribution in [2.45, 2.75) is 57.7 Å². The molecule has 1 aromatic heterocycles. The minimum atomic E-state index is -3.36. The van der Waals surface area contributed by atoms with Crippen LogP contribution in [0, 0.1) is 12.7 Å². The van der Waals surface area contributed by atoms with Gasteiger partial charge >= 0.3 is 5.97 Å². The van der Waals surface area contributed by atoms with E-state index in [4.69, 9.17) is 4.74 Å². The number of carbonyl (C=O) groups excluding carboxylic acids is 2. The van der Waals surface area contributed by atoms with Gasteiger partial charge in [0.05, 0.1) is 29.8 Å². The molecule has 0 N–H and O–H groups in total. The van der Waals surface area contributed by atoms with Gasteiger partial charge in [0.2, 0.25) is 5.91 Å². The van der Waals surface area contributed by atoms with Gasteiger partial charge in [0.15, 0.2) is 15.0 Å². The summed E-state index contributed by atoms with van der Waals surface area (Å²) in [6.07, 6.45) is 2.88. The number of esters is 1. The van der Waals surface area contributed by atoms with Gasteiger partial charge in [-0.05, 0) is 44.4 Å². The number of anilines is 1. The molecule has 0 spiro atoms. The lowest BCUT2D eigenvalue weighted by molar-refractivity contribution is -0.118. The Morgan fingerprint density at radius 2 is 1.88 bits per heavy atom. The zero-order valence-electron chi connectivity index (χ0n) is 18.2. The molecule has 0 aliphatic heterocycles. The third-order valence-corrected chi connectivity index (χ3v) is 8.86. The molecule has 1 aliphatic rings. The van der Waals surface area contributed by atoms with E-state index < -0.39 is 27.5 Å². The summed E-state index contributed by atoms with van der Waals surface area (Å²) in [6, 6.07) is 5.69. The Morgan fingerprint density at radius 1 is 1.22 bits per heavy atom. The van der Waals surface area contributed by atoms with E-state index in [-0.39, 0.29) is 40.6 Å².